The van der Waals surface area contributed by atoms with Crippen molar-refractivity contribution < 1.29 is 14.3 Å². The Morgan fingerprint density at radius 3 is 2.39 bits per heavy atom. The summed E-state index contributed by atoms with van der Waals surface area (Å²) in [7, 11) is 1.60. The molecule has 2 amide bonds. The quantitative estimate of drug-likeness (QED) is 0.770. The first-order chi connectivity index (χ1) is 13.6. The van der Waals surface area contributed by atoms with E-state index in [-0.39, 0.29) is 17.9 Å². The monoisotopic (exact) mass is 377 g/mol. The van der Waals surface area contributed by atoms with Gasteiger partial charge in [-0.05, 0) is 43.2 Å². The minimum absolute atomic E-state index is 0.117. The van der Waals surface area contributed by atoms with E-state index >= 15 is 0 Å². The van der Waals surface area contributed by atoms with E-state index in [0.717, 1.165) is 25.1 Å². The topological polar surface area (TPSA) is 53.1 Å². The average molecular weight is 377 g/mol. The van der Waals surface area contributed by atoms with Crippen molar-refractivity contribution >= 4 is 17.5 Å². The third-order valence-corrected chi connectivity index (χ3v) is 6.44. The second kappa shape index (κ2) is 6.15. The van der Waals surface area contributed by atoms with Crippen LogP contribution < -0.4 is 9.64 Å². The Kier molecular flexibility index (Phi) is 3.82. The number of rotatable bonds is 3. The van der Waals surface area contributed by atoms with Gasteiger partial charge in [-0.25, -0.2) is 14.9 Å². The first-order valence-corrected chi connectivity index (χ1v) is 9.69. The molecule has 0 aromatic heterocycles. The van der Waals surface area contributed by atoms with E-state index in [4.69, 9.17) is 4.74 Å². The summed E-state index contributed by atoms with van der Waals surface area (Å²) >= 11 is 0. The van der Waals surface area contributed by atoms with Gasteiger partial charge >= 0.3 is 0 Å². The van der Waals surface area contributed by atoms with E-state index in [1.165, 1.54) is 4.90 Å². The molecule has 0 radical (unpaired) electrons. The summed E-state index contributed by atoms with van der Waals surface area (Å²) in [6.07, 6.45) is 0.996. The number of benzene rings is 2. The van der Waals surface area contributed by atoms with E-state index in [1.807, 2.05) is 25.1 Å². The number of anilines is 1. The molecule has 0 spiro atoms. The molecule has 3 aliphatic heterocycles. The molecule has 3 saturated heterocycles. The molecule has 3 heterocycles. The van der Waals surface area contributed by atoms with Crippen LogP contribution in [0.2, 0.25) is 0 Å². The summed E-state index contributed by atoms with van der Waals surface area (Å²) in [5.74, 6) is 0.00542. The van der Waals surface area contributed by atoms with E-state index in [0.29, 0.717) is 11.4 Å². The predicted molar refractivity (Wildman–Crippen MR) is 105 cm³/mol. The van der Waals surface area contributed by atoms with Crippen molar-refractivity contribution in [2.45, 2.75) is 24.9 Å². The van der Waals surface area contributed by atoms with Gasteiger partial charge in [0.15, 0.2) is 0 Å². The lowest BCUT2D eigenvalue weighted by Gasteiger charge is -2.33. The normalized spacial score (nSPS) is 30.0. The van der Waals surface area contributed by atoms with Gasteiger partial charge in [0.25, 0.3) is 5.91 Å². The van der Waals surface area contributed by atoms with Crippen LogP contribution in [-0.4, -0.2) is 47.6 Å². The number of imide groups is 1. The predicted octanol–water partition coefficient (Wildman–Crippen LogP) is 2.62. The van der Waals surface area contributed by atoms with Crippen molar-refractivity contribution in [1.29, 1.82) is 0 Å². The summed E-state index contributed by atoms with van der Waals surface area (Å²) in [4.78, 5) is 28.6. The van der Waals surface area contributed by atoms with E-state index in [2.05, 4.69) is 22.2 Å². The number of nitrogens with zero attached hydrogens (tertiary/aromatic N) is 3. The van der Waals surface area contributed by atoms with Gasteiger partial charge < -0.3 is 4.74 Å². The molecule has 2 aromatic rings. The van der Waals surface area contributed by atoms with Gasteiger partial charge in [-0.3, -0.25) is 9.59 Å². The number of hydrogen-bond acceptors (Lipinski definition) is 5. The number of methoxy groups -OCH3 is 1. The maximum absolute atomic E-state index is 13.6. The highest BCUT2D eigenvalue weighted by molar-refractivity contribution is 6.26. The van der Waals surface area contributed by atoms with Crippen molar-refractivity contribution in [3.8, 4) is 5.75 Å². The molecule has 2 aromatic carbocycles. The molecule has 0 aliphatic carbocycles. The molecule has 3 atom stereocenters. The minimum atomic E-state index is -0.853. The molecule has 6 heteroatoms. The Morgan fingerprint density at radius 1 is 1.00 bits per heavy atom. The molecule has 0 N–H and O–H groups in total. The molecule has 5 rings (SSSR count). The summed E-state index contributed by atoms with van der Waals surface area (Å²) < 4.78 is 5.21. The molecule has 0 saturated carbocycles. The second-order valence-electron chi connectivity index (χ2n) is 7.80. The van der Waals surface area contributed by atoms with E-state index < -0.39 is 11.5 Å². The average Bonchev–Trinajstić information content (AvgIpc) is 3.35. The van der Waals surface area contributed by atoms with Gasteiger partial charge in [-0.2, -0.15) is 0 Å². The van der Waals surface area contributed by atoms with Crippen LogP contribution >= 0.6 is 0 Å². The van der Waals surface area contributed by atoms with Crippen LogP contribution in [0.1, 0.15) is 24.9 Å². The highest BCUT2D eigenvalue weighted by atomic mass is 16.5. The van der Waals surface area contributed by atoms with Gasteiger partial charge in [0.2, 0.25) is 5.91 Å². The molecule has 3 aliphatic rings. The zero-order chi connectivity index (χ0) is 19.5. The third kappa shape index (κ3) is 2.16. The van der Waals surface area contributed by atoms with Gasteiger partial charge in [0.1, 0.15) is 11.3 Å². The van der Waals surface area contributed by atoms with Gasteiger partial charge in [-0.15, -0.1) is 0 Å². The summed E-state index contributed by atoms with van der Waals surface area (Å²) in [6.45, 7) is 3.60. The van der Waals surface area contributed by atoms with Crippen molar-refractivity contribution in [3.63, 3.8) is 0 Å². The van der Waals surface area contributed by atoms with Gasteiger partial charge in [0.05, 0.1) is 24.8 Å². The summed E-state index contributed by atoms with van der Waals surface area (Å²) in [5.41, 5.74) is 0.832. The minimum Gasteiger partial charge on any atom is -0.497 e. The van der Waals surface area contributed by atoms with Crippen LogP contribution in [0.4, 0.5) is 5.69 Å². The van der Waals surface area contributed by atoms with Crippen LogP contribution in [0.15, 0.2) is 54.6 Å². The van der Waals surface area contributed by atoms with Crippen LogP contribution in [-0.2, 0) is 9.59 Å². The lowest BCUT2D eigenvalue weighted by Crippen LogP contribution is -2.52. The number of carbonyl (C=O) groups is 2. The van der Waals surface area contributed by atoms with Crippen LogP contribution in [0.5, 0.6) is 5.75 Å². The van der Waals surface area contributed by atoms with Crippen molar-refractivity contribution in [2.75, 3.05) is 25.1 Å². The Morgan fingerprint density at radius 2 is 1.71 bits per heavy atom. The molecular weight excluding hydrogens is 354 g/mol. The van der Waals surface area contributed by atoms with Crippen LogP contribution in [0.25, 0.3) is 0 Å². The van der Waals surface area contributed by atoms with E-state index in [9.17, 15) is 9.59 Å². The maximum Gasteiger partial charge on any atom is 0.256 e. The molecule has 28 heavy (non-hydrogen) atoms. The zero-order valence-corrected chi connectivity index (χ0v) is 16.0. The Balaban J connectivity index is 1.61. The first kappa shape index (κ1) is 17.4. The van der Waals surface area contributed by atoms with Crippen LogP contribution in [0, 0.1) is 5.92 Å². The Hall–Kier alpha value is -2.70. The van der Waals surface area contributed by atoms with Gasteiger partial charge in [-0.1, -0.05) is 30.3 Å². The molecule has 6 nitrogen and oxygen atoms in total. The summed E-state index contributed by atoms with van der Waals surface area (Å²) in [6, 6.07) is 17.1. The molecule has 144 valence electrons. The second-order valence-corrected chi connectivity index (χ2v) is 7.80. The molecule has 3 fully saturated rings. The van der Waals surface area contributed by atoms with Crippen LogP contribution in [0.3, 0.4) is 0 Å². The number of hydrazine groups is 1. The van der Waals surface area contributed by atoms with Crippen molar-refractivity contribution in [3.05, 3.63) is 60.2 Å². The fraction of sp³-hybridized carbons (Fsp3) is 0.364. The first-order valence-electron chi connectivity index (χ1n) is 9.69. The fourth-order valence-corrected chi connectivity index (χ4v) is 5.13. The highest BCUT2D eigenvalue weighted by Gasteiger charge is 2.70. The van der Waals surface area contributed by atoms with Crippen molar-refractivity contribution in [2.24, 2.45) is 5.92 Å². The number of ether oxygens (including phenoxy) is 1. The fourth-order valence-electron chi connectivity index (χ4n) is 5.13. The third-order valence-electron chi connectivity index (χ3n) is 6.44. The number of fused-ring (bicyclic) bond motifs is 3. The van der Waals surface area contributed by atoms with E-state index in [1.54, 1.807) is 31.4 Å². The Bertz CT molecular complexity index is 930. The maximum atomic E-state index is 13.6. The number of carbonyl (C=O) groups excluding carboxylic acids is 2. The molecule has 0 bridgehead atoms. The molecule has 0 unspecified atom stereocenters. The Labute approximate surface area is 164 Å². The van der Waals surface area contributed by atoms with Gasteiger partial charge in [0, 0.05) is 13.1 Å². The lowest BCUT2D eigenvalue weighted by molar-refractivity contribution is -0.131. The lowest BCUT2D eigenvalue weighted by atomic mass is 9.81. The smallest absolute Gasteiger partial charge is 0.256 e. The highest BCUT2D eigenvalue weighted by Crippen LogP contribution is 2.54. The van der Waals surface area contributed by atoms with Crippen molar-refractivity contribution in [1.82, 2.24) is 10.0 Å². The standard InChI is InChI=1S/C22H23N3O3/c1-22-18(19(15-7-4-3-5-8-15)23-13-6-14-24(22)23)20(26)25(21(22)27)16-9-11-17(28-2)12-10-16/h3-5,7-12,18-19H,6,13-14H2,1-2H3/t18-,19-,22-/m1/s1. The zero-order valence-electron chi connectivity index (χ0n) is 16.0. The number of hydrogen-bond donors (Lipinski definition) is 0. The SMILES string of the molecule is COc1ccc(N2C(=O)[C@H]3[C@@H](c4ccccc4)N4CCCN4[C@@]3(C)C2=O)cc1. The largest absolute Gasteiger partial charge is 0.497 e. The summed E-state index contributed by atoms with van der Waals surface area (Å²) in [5, 5.41) is 4.38. The molecular formula is C22H23N3O3. The number of amides is 2.